The van der Waals surface area contributed by atoms with Crippen LogP contribution in [-0.2, 0) is 9.59 Å². The molecule has 1 aromatic carbocycles. The topological polar surface area (TPSA) is 61.9 Å². The van der Waals surface area contributed by atoms with E-state index >= 15 is 0 Å². The lowest BCUT2D eigenvalue weighted by molar-refractivity contribution is -0.135. The standard InChI is InChI=1S/C19H29N3O3/c1-14(2)16-6-5-15(3)11-17(16)25-13-19(24)22-9-7-21(8-10-22)12-18(23)20-4/h5-6,11,14H,7-10,12-13H2,1-4H3,(H,20,23). The van der Waals surface area contributed by atoms with Gasteiger partial charge in [0.25, 0.3) is 5.91 Å². The van der Waals surface area contributed by atoms with Crippen molar-refractivity contribution in [3.63, 3.8) is 0 Å². The van der Waals surface area contributed by atoms with Gasteiger partial charge in [-0.25, -0.2) is 0 Å². The summed E-state index contributed by atoms with van der Waals surface area (Å²) in [5, 5.41) is 2.62. The molecule has 0 aliphatic carbocycles. The molecule has 1 saturated heterocycles. The van der Waals surface area contributed by atoms with Crippen molar-refractivity contribution in [3.8, 4) is 5.75 Å². The zero-order chi connectivity index (χ0) is 18.4. The molecule has 1 aliphatic rings. The Labute approximate surface area is 150 Å². The van der Waals surface area contributed by atoms with Crippen molar-refractivity contribution >= 4 is 11.8 Å². The molecule has 6 heteroatoms. The number of ether oxygens (including phenoxy) is 1. The molecule has 1 N–H and O–H groups in total. The molecule has 138 valence electrons. The molecule has 0 saturated carbocycles. The van der Waals surface area contributed by atoms with E-state index in [2.05, 4.69) is 36.2 Å². The van der Waals surface area contributed by atoms with Crippen molar-refractivity contribution in [3.05, 3.63) is 29.3 Å². The second kappa shape index (κ2) is 8.85. The van der Waals surface area contributed by atoms with Crippen molar-refractivity contribution in [2.75, 3.05) is 46.4 Å². The number of carbonyl (C=O) groups is 2. The summed E-state index contributed by atoms with van der Waals surface area (Å²) in [6.07, 6.45) is 0. The van der Waals surface area contributed by atoms with Crippen molar-refractivity contribution in [1.82, 2.24) is 15.1 Å². The van der Waals surface area contributed by atoms with Gasteiger partial charge in [0.1, 0.15) is 5.75 Å². The van der Waals surface area contributed by atoms with E-state index in [-0.39, 0.29) is 18.4 Å². The molecule has 0 atom stereocenters. The van der Waals surface area contributed by atoms with E-state index in [1.54, 1.807) is 7.05 Å². The van der Waals surface area contributed by atoms with Crippen LogP contribution in [0.3, 0.4) is 0 Å². The number of amides is 2. The van der Waals surface area contributed by atoms with Crippen molar-refractivity contribution < 1.29 is 14.3 Å². The second-order valence-corrected chi connectivity index (χ2v) is 6.81. The summed E-state index contributed by atoms with van der Waals surface area (Å²) in [7, 11) is 1.64. The molecule has 25 heavy (non-hydrogen) atoms. The van der Waals surface area contributed by atoms with Crippen molar-refractivity contribution in [1.29, 1.82) is 0 Å². The molecule has 0 aromatic heterocycles. The van der Waals surface area contributed by atoms with Gasteiger partial charge < -0.3 is 15.0 Å². The number of aryl methyl sites for hydroxylation is 1. The highest BCUT2D eigenvalue weighted by Crippen LogP contribution is 2.27. The third-order valence-corrected chi connectivity index (χ3v) is 4.51. The van der Waals surface area contributed by atoms with Gasteiger partial charge in [0, 0.05) is 33.2 Å². The fraction of sp³-hybridized carbons (Fsp3) is 0.579. The number of likely N-dealkylation sites (N-methyl/N-ethyl adjacent to an activating group) is 1. The first-order valence-electron chi connectivity index (χ1n) is 8.84. The summed E-state index contributed by atoms with van der Waals surface area (Å²) < 4.78 is 5.83. The largest absolute Gasteiger partial charge is 0.483 e. The number of nitrogens with zero attached hydrogens (tertiary/aromatic N) is 2. The summed E-state index contributed by atoms with van der Waals surface area (Å²) >= 11 is 0. The Morgan fingerprint density at radius 2 is 1.88 bits per heavy atom. The molecular formula is C19H29N3O3. The minimum Gasteiger partial charge on any atom is -0.483 e. The average molecular weight is 347 g/mol. The highest BCUT2D eigenvalue weighted by Gasteiger charge is 2.22. The lowest BCUT2D eigenvalue weighted by Crippen LogP contribution is -2.51. The summed E-state index contributed by atoms with van der Waals surface area (Å²) in [6.45, 7) is 9.37. The van der Waals surface area contributed by atoms with Crippen LogP contribution in [0.4, 0.5) is 0 Å². The van der Waals surface area contributed by atoms with E-state index < -0.39 is 0 Å². The number of benzene rings is 1. The van der Waals surface area contributed by atoms with Crippen LogP contribution in [0.25, 0.3) is 0 Å². The molecule has 0 spiro atoms. The molecule has 1 fully saturated rings. The molecule has 1 aromatic rings. The van der Waals surface area contributed by atoms with Gasteiger partial charge in [-0.3, -0.25) is 14.5 Å². The van der Waals surface area contributed by atoms with Gasteiger partial charge in [-0.1, -0.05) is 26.0 Å². The zero-order valence-electron chi connectivity index (χ0n) is 15.7. The van der Waals surface area contributed by atoms with Gasteiger partial charge in [0.15, 0.2) is 6.61 Å². The number of rotatable bonds is 6. The SMILES string of the molecule is CNC(=O)CN1CCN(C(=O)COc2cc(C)ccc2C(C)C)CC1. The Balaban J connectivity index is 1.86. The van der Waals surface area contributed by atoms with Crippen LogP contribution in [0.1, 0.15) is 30.9 Å². The highest BCUT2D eigenvalue weighted by molar-refractivity contribution is 5.78. The van der Waals surface area contributed by atoms with Crippen LogP contribution < -0.4 is 10.1 Å². The summed E-state index contributed by atoms with van der Waals surface area (Å²) in [5.74, 6) is 1.14. The lowest BCUT2D eigenvalue weighted by atomic mass is 10.0. The second-order valence-electron chi connectivity index (χ2n) is 6.81. The maximum absolute atomic E-state index is 12.4. The van der Waals surface area contributed by atoms with Gasteiger partial charge in [-0.15, -0.1) is 0 Å². The molecule has 0 unspecified atom stereocenters. The van der Waals surface area contributed by atoms with E-state index in [1.165, 1.54) is 0 Å². The van der Waals surface area contributed by atoms with Crippen LogP contribution in [0, 0.1) is 6.92 Å². The Morgan fingerprint density at radius 1 is 1.20 bits per heavy atom. The number of carbonyl (C=O) groups excluding carboxylic acids is 2. The van der Waals surface area contributed by atoms with Crippen LogP contribution in [-0.4, -0.2) is 68.0 Å². The molecule has 2 amide bonds. The van der Waals surface area contributed by atoms with E-state index in [9.17, 15) is 9.59 Å². The Hall–Kier alpha value is -2.08. The van der Waals surface area contributed by atoms with E-state index in [4.69, 9.17) is 4.74 Å². The predicted octanol–water partition coefficient (Wildman–Crippen LogP) is 1.39. The number of piperazine rings is 1. The number of nitrogens with one attached hydrogen (secondary N) is 1. The van der Waals surface area contributed by atoms with Gasteiger partial charge in [0.05, 0.1) is 6.54 Å². The Morgan fingerprint density at radius 3 is 2.48 bits per heavy atom. The maximum atomic E-state index is 12.4. The Kier molecular flexibility index (Phi) is 6.82. The summed E-state index contributed by atoms with van der Waals surface area (Å²) in [4.78, 5) is 27.7. The smallest absolute Gasteiger partial charge is 0.260 e. The van der Waals surface area contributed by atoms with E-state index in [0.717, 1.165) is 16.9 Å². The van der Waals surface area contributed by atoms with Crippen molar-refractivity contribution in [2.45, 2.75) is 26.7 Å². The van der Waals surface area contributed by atoms with Crippen LogP contribution in [0.2, 0.25) is 0 Å². The van der Waals surface area contributed by atoms with Crippen LogP contribution in [0.15, 0.2) is 18.2 Å². The fourth-order valence-corrected chi connectivity index (χ4v) is 2.91. The first-order valence-corrected chi connectivity index (χ1v) is 8.84. The number of hydrogen-bond acceptors (Lipinski definition) is 4. The van der Waals surface area contributed by atoms with Gasteiger partial charge in [0.2, 0.25) is 5.91 Å². The lowest BCUT2D eigenvalue weighted by Gasteiger charge is -2.34. The molecule has 1 aliphatic heterocycles. The van der Waals surface area contributed by atoms with Gasteiger partial charge in [-0.05, 0) is 30.0 Å². The maximum Gasteiger partial charge on any atom is 0.260 e. The molecule has 1 heterocycles. The third-order valence-electron chi connectivity index (χ3n) is 4.51. The highest BCUT2D eigenvalue weighted by atomic mass is 16.5. The quantitative estimate of drug-likeness (QED) is 0.845. The van der Waals surface area contributed by atoms with E-state index in [1.807, 2.05) is 17.9 Å². The third kappa shape index (κ3) is 5.46. The zero-order valence-corrected chi connectivity index (χ0v) is 15.7. The van der Waals surface area contributed by atoms with Crippen LogP contribution in [0.5, 0.6) is 5.75 Å². The molecule has 0 bridgehead atoms. The number of hydrogen-bond donors (Lipinski definition) is 1. The Bertz CT molecular complexity index is 608. The minimum absolute atomic E-state index is 0.00349. The molecule has 0 radical (unpaired) electrons. The van der Waals surface area contributed by atoms with Crippen molar-refractivity contribution in [2.24, 2.45) is 0 Å². The normalized spacial score (nSPS) is 15.3. The first kappa shape index (κ1) is 19.2. The minimum atomic E-state index is -0.00388. The molecule has 2 rings (SSSR count). The molecular weight excluding hydrogens is 318 g/mol. The monoisotopic (exact) mass is 347 g/mol. The van der Waals surface area contributed by atoms with E-state index in [0.29, 0.717) is 38.6 Å². The van der Waals surface area contributed by atoms with Gasteiger partial charge >= 0.3 is 0 Å². The summed E-state index contributed by atoms with van der Waals surface area (Å²) in [6, 6.07) is 6.12. The molecule has 6 nitrogen and oxygen atoms in total. The first-order chi connectivity index (χ1) is 11.9. The van der Waals surface area contributed by atoms with Gasteiger partial charge in [-0.2, -0.15) is 0 Å². The fourth-order valence-electron chi connectivity index (χ4n) is 2.91. The van der Waals surface area contributed by atoms with Crippen LogP contribution >= 0.6 is 0 Å². The summed E-state index contributed by atoms with van der Waals surface area (Å²) in [5.41, 5.74) is 2.24. The predicted molar refractivity (Wildman–Crippen MR) is 97.8 cm³/mol. The average Bonchev–Trinajstić information content (AvgIpc) is 2.60.